The second-order valence-corrected chi connectivity index (χ2v) is 7.39. The number of hydrogen-bond donors (Lipinski definition) is 1. The minimum atomic E-state index is -3.46. The van der Waals surface area contributed by atoms with Crippen LogP contribution in [0.3, 0.4) is 0 Å². The molecule has 1 fully saturated rings. The van der Waals surface area contributed by atoms with Crippen molar-refractivity contribution in [3.05, 3.63) is 28.7 Å². The van der Waals surface area contributed by atoms with E-state index in [9.17, 15) is 8.42 Å². The lowest BCUT2D eigenvalue weighted by atomic mass is 10.1. The molecule has 0 atom stereocenters. The summed E-state index contributed by atoms with van der Waals surface area (Å²) in [6.07, 6.45) is 1.35. The summed E-state index contributed by atoms with van der Waals surface area (Å²) in [4.78, 5) is 0.301. The van der Waals surface area contributed by atoms with Gasteiger partial charge in [-0.05, 0) is 40.9 Å². The van der Waals surface area contributed by atoms with Gasteiger partial charge in [-0.3, -0.25) is 0 Å². The molecule has 0 radical (unpaired) electrons. The van der Waals surface area contributed by atoms with Gasteiger partial charge < -0.3 is 9.84 Å². The highest BCUT2D eigenvalue weighted by atomic mass is 79.9. The number of ether oxygens (including phenoxy) is 1. The first-order chi connectivity index (χ1) is 9.55. The molecule has 0 amide bonds. The molecule has 0 bridgehead atoms. The normalized spacial score (nSPS) is 18.3. The van der Waals surface area contributed by atoms with Crippen LogP contribution >= 0.6 is 15.9 Å². The van der Waals surface area contributed by atoms with Crippen molar-refractivity contribution >= 4 is 26.0 Å². The summed E-state index contributed by atoms with van der Waals surface area (Å²) in [7, 11) is -3.46. The summed E-state index contributed by atoms with van der Waals surface area (Å²) in [6, 6.07) is 6.84. The number of rotatable bonds is 5. The van der Waals surface area contributed by atoms with Gasteiger partial charge in [-0.2, -0.15) is 4.31 Å². The molecular weight excluding hydrogens is 346 g/mol. The summed E-state index contributed by atoms with van der Waals surface area (Å²) >= 11 is 3.29. The van der Waals surface area contributed by atoms with Gasteiger partial charge in [0, 0.05) is 17.6 Å². The van der Waals surface area contributed by atoms with Crippen molar-refractivity contribution in [3.63, 3.8) is 0 Å². The molecule has 5 nitrogen and oxygen atoms in total. The van der Waals surface area contributed by atoms with E-state index in [1.165, 1.54) is 4.31 Å². The maximum Gasteiger partial charge on any atom is 0.244 e. The average Bonchev–Trinajstić information content (AvgIpc) is 2.46. The molecule has 7 heteroatoms. The van der Waals surface area contributed by atoms with Crippen LogP contribution in [0.4, 0.5) is 0 Å². The Morgan fingerprint density at radius 2 is 1.95 bits per heavy atom. The first-order valence-corrected chi connectivity index (χ1v) is 8.76. The standard InChI is InChI=1S/C13H18BrNO4S/c14-12-3-1-2-4-13(12)20(17,18)15-7-5-11(6-8-15)19-10-9-16/h1-4,11,16H,5-10H2. The molecule has 1 saturated heterocycles. The Hall–Kier alpha value is -0.470. The van der Waals surface area contributed by atoms with Gasteiger partial charge in [-0.1, -0.05) is 12.1 Å². The second kappa shape index (κ2) is 7.00. The number of benzene rings is 1. The smallest absolute Gasteiger partial charge is 0.244 e. The summed E-state index contributed by atoms with van der Waals surface area (Å²) in [5.74, 6) is 0. The fourth-order valence-corrected chi connectivity index (χ4v) is 4.68. The molecule has 0 spiro atoms. The van der Waals surface area contributed by atoms with Gasteiger partial charge in [0.1, 0.15) is 0 Å². The van der Waals surface area contributed by atoms with Crippen LogP contribution < -0.4 is 0 Å². The molecular formula is C13H18BrNO4S. The molecule has 1 aromatic rings. The van der Waals surface area contributed by atoms with Crippen molar-refractivity contribution in [1.82, 2.24) is 4.31 Å². The zero-order valence-electron chi connectivity index (χ0n) is 11.0. The Morgan fingerprint density at radius 1 is 1.30 bits per heavy atom. The number of sulfonamides is 1. The van der Waals surface area contributed by atoms with Crippen molar-refractivity contribution < 1.29 is 18.3 Å². The van der Waals surface area contributed by atoms with Crippen LogP contribution in [0.1, 0.15) is 12.8 Å². The third-order valence-corrected chi connectivity index (χ3v) is 6.21. The van der Waals surface area contributed by atoms with Crippen LogP contribution in [-0.2, 0) is 14.8 Å². The second-order valence-electron chi connectivity index (χ2n) is 4.63. The minimum absolute atomic E-state index is 0.00449. The molecule has 1 aromatic carbocycles. The van der Waals surface area contributed by atoms with Crippen molar-refractivity contribution in [3.8, 4) is 0 Å². The summed E-state index contributed by atoms with van der Waals surface area (Å²) in [5, 5.41) is 8.72. The third-order valence-electron chi connectivity index (χ3n) is 3.30. The molecule has 1 aliphatic heterocycles. The van der Waals surface area contributed by atoms with Crippen LogP contribution in [0.5, 0.6) is 0 Å². The fraction of sp³-hybridized carbons (Fsp3) is 0.538. The van der Waals surface area contributed by atoms with E-state index >= 15 is 0 Å². The van der Waals surface area contributed by atoms with Crippen LogP contribution in [0.15, 0.2) is 33.6 Å². The zero-order valence-corrected chi connectivity index (χ0v) is 13.4. The number of hydrogen-bond acceptors (Lipinski definition) is 4. The molecule has 0 aliphatic carbocycles. The van der Waals surface area contributed by atoms with E-state index in [0.29, 0.717) is 41.9 Å². The monoisotopic (exact) mass is 363 g/mol. The van der Waals surface area contributed by atoms with E-state index in [0.717, 1.165) is 0 Å². The molecule has 0 saturated carbocycles. The SMILES string of the molecule is O=S(=O)(c1ccccc1Br)N1CCC(OCCO)CC1. The van der Waals surface area contributed by atoms with Crippen molar-refractivity contribution in [2.24, 2.45) is 0 Å². The summed E-state index contributed by atoms with van der Waals surface area (Å²) < 4.78 is 32.6. The number of halogens is 1. The van der Waals surface area contributed by atoms with Crippen LogP contribution in [0.25, 0.3) is 0 Å². The van der Waals surface area contributed by atoms with Crippen LogP contribution in [0.2, 0.25) is 0 Å². The average molecular weight is 364 g/mol. The predicted molar refractivity (Wildman–Crippen MR) is 79.0 cm³/mol. The molecule has 112 valence electrons. The molecule has 20 heavy (non-hydrogen) atoms. The Labute approximate surface area is 127 Å². The van der Waals surface area contributed by atoms with E-state index in [-0.39, 0.29) is 12.7 Å². The van der Waals surface area contributed by atoms with Gasteiger partial charge in [-0.15, -0.1) is 0 Å². The Balaban J connectivity index is 2.04. The van der Waals surface area contributed by atoms with Gasteiger partial charge in [0.25, 0.3) is 0 Å². The highest BCUT2D eigenvalue weighted by Crippen LogP contribution is 2.27. The number of piperidine rings is 1. The molecule has 1 N–H and O–H groups in total. The van der Waals surface area contributed by atoms with E-state index in [2.05, 4.69) is 15.9 Å². The highest BCUT2D eigenvalue weighted by Gasteiger charge is 2.30. The lowest BCUT2D eigenvalue weighted by Crippen LogP contribution is -2.41. The first-order valence-electron chi connectivity index (χ1n) is 6.53. The van der Waals surface area contributed by atoms with E-state index in [4.69, 9.17) is 9.84 Å². The zero-order chi connectivity index (χ0) is 14.6. The van der Waals surface area contributed by atoms with E-state index < -0.39 is 10.0 Å². The molecule has 0 aromatic heterocycles. The van der Waals surface area contributed by atoms with Crippen molar-refractivity contribution in [2.45, 2.75) is 23.8 Å². The summed E-state index contributed by atoms with van der Waals surface area (Å²) in [6.45, 7) is 1.19. The lowest BCUT2D eigenvalue weighted by molar-refractivity contribution is 0.00318. The minimum Gasteiger partial charge on any atom is -0.394 e. The highest BCUT2D eigenvalue weighted by molar-refractivity contribution is 9.10. The number of nitrogens with zero attached hydrogens (tertiary/aromatic N) is 1. The van der Waals surface area contributed by atoms with Gasteiger partial charge in [0.05, 0.1) is 24.2 Å². The van der Waals surface area contributed by atoms with Crippen LogP contribution in [0, 0.1) is 0 Å². The van der Waals surface area contributed by atoms with Gasteiger partial charge in [0.15, 0.2) is 0 Å². The summed E-state index contributed by atoms with van der Waals surface area (Å²) in [5.41, 5.74) is 0. The first kappa shape index (κ1) is 15.9. The fourth-order valence-electron chi connectivity index (χ4n) is 2.25. The lowest BCUT2D eigenvalue weighted by Gasteiger charge is -2.31. The van der Waals surface area contributed by atoms with E-state index in [1.807, 2.05) is 0 Å². The van der Waals surface area contributed by atoms with Crippen LogP contribution in [-0.4, -0.2) is 50.2 Å². The number of aliphatic hydroxyl groups excluding tert-OH is 1. The third kappa shape index (κ3) is 3.59. The maximum atomic E-state index is 12.5. The topological polar surface area (TPSA) is 66.8 Å². The molecule has 2 rings (SSSR count). The van der Waals surface area contributed by atoms with Crippen molar-refractivity contribution in [1.29, 1.82) is 0 Å². The maximum absolute atomic E-state index is 12.5. The van der Waals surface area contributed by atoms with Gasteiger partial charge in [-0.25, -0.2) is 8.42 Å². The Kier molecular flexibility index (Phi) is 5.57. The van der Waals surface area contributed by atoms with Gasteiger partial charge in [0.2, 0.25) is 10.0 Å². The largest absolute Gasteiger partial charge is 0.394 e. The molecule has 1 heterocycles. The molecule has 0 unspecified atom stereocenters. The molecule has 1 aliphatic rings. The van der Waals surface area contributed by atoms with Gasteiger partial charge >= 0.3 is 0 Å². The predicted octanol–water partition coefficient (Wildman–Crippen LogP) is 1.61. The van der Waals surface area contributed by atoms with E-state index in [1.54, 1.807) is 24.3 Å². The van der Waals surface area contributed by atoms with Crippen molar-refractivity contribution in [2.75, 3.05) is 26.3 Å². The quantitative estimate of drug-likeness (QED) is 0.862. The Bertz CT molecular complexity index is 541. The Morgan fingerprint density at radius 3 is 2.55 bits per heavy atom. The number of aliphatic hydroxyl groups is 1.